The second-order valence-corrected chi connectivity index (χ2v) is 6.06. The number of benzene rings is 1. The van der Waals surface area contributed by atoms with Crippen LogP contribution in [0.5, 0.6) is 0 Å². The minimum atomic E-state index is -1.00. The van der Waals surface area contributed by atoms with Crippen LogP contribution in [0.1, 0.15) is 22.2 Å². The van der Waals surface area contributed by atoms with E-state index in [1.54, 1.807) is 29.5 Å². The highest BCUT2D eigenvalue weighted by atomic mass is 35.5. The molecule has 112 valence electrons. The molecule has 0 aliphatic rings. The Labute approximate surface area is 135 Å². The lowest BCUT2D eigenvalue weighted by molar-refractivity contribution is 0.0698. The van der Waals surface area contributed by atoms with Crippen LogP contribution in [0.2, 0.25) is 5.28 Å². The predicted molar refractivity (Wildman–Crippen MR) is 88.5 cm³/mol. The van der Waals surface area contributed by atoms with Crippen molar-refractivity contribution < 1.29 is 9.90 Å². The van der Waals surface area contributed by atoms with Crippen molar-refractivity contribution in [2.75, 3.05) is 5.32 Å². The highest BCUT2D eigenvalue weighted by molar-refractivity contribution is 7.18. The Bertz CT molecular complexity index is 863. The van der Waals surface area contributed by atoms with E-state index in [2.05, 4.69) is 22.2 Å². The third-order valence-electron chi connectivity index (χ3n) is 3.18. The van der Waals surface area contributed by atoms with Crippen molar-refractivity contribution in [3.05, 3.63) is 46.1 Å². The molecule has 0 saturated heterocycles. The zero-order chi connectivity index (χ0) is 15.7. The maximum atomic E-state index is 11.3. The number of thiophene rings is 1. The lowest BCUT2D eigenvalue weighted by atomic mass is 10.2. The molecule has 2 N–H and O–H groups in total. The second-order valence-electron chi connectivity index (χ2n) is 4.60. The third kappa shape index (κ3) is 2.75. The van der Waals surface area contributed by atoms with Crippen LogP contribution < -0.4 is 5.32 Å². The Morgan fingerprint density at radius 3 is 2.86 bits per heavy atom. The van der Waals surface area contributed by atoms with Gasteiger partial charge in [-0.15, -0.1) is 11.3 Å². The van der Waals surface area contributed by atoms with E-state index in [1.807, 2.05) is 6.07 Å². The fourth-order valence-corrected chi connectivity index (χ4v) is 3.31. The molecule has 0 saturated carbocycles. The molecule has 0 atom stereocenters. The van der Waals surface area contributed by atoms with Crippen LogP contribution >= 0.6 is 22.9 Å². The summed E-state index contributed by atoms with van der Waals surface area (Å²) in [5.41, 5.74) is 0.645. The first-order valence-electron chi connectivity index (χ1n) is 6.63. The van der Waals surface area contributed by atoms with Crippen LogP contribution in [-0.4, -0.2) is 21.0 Å². The molecule has 0 unspecified atom stereocenters. The van der Waals surface area contributed by atoms with Gasteiger partial charge < -0.3 is 10.4 Å². The minimum Gasteiger partial charge on any atom is -0.478 e. The van der Waals surface area contributed by atoms with Crippen LogP contribution in [0, 0.1) is 0 Å². The maximum Gasteiger partial charge on any atom is 0.337 e. The molecular weight excluding hydrogens is 322 g/mol. The van der Waals surface area contributed by atoms with Crippen molar-refractivity contribution in [3.8, 4) is 0 Å². The summed E-state index contributed by atoms with van der Waals surface area (Å²) in [6.07, 6.45) is 0.893. The first-order valence-corrected chi connectivity index (χ1v) is 7.83. The van der Waals surface area contributed by atoms with Gasteiger partial charge in [-0.1, -0.05) is 19.1 Å². The van der Waals surface area contributed by atoms with Gasteiger partial charge in [0.05, 0.1) is 16.6 Å². The van der Waals surface area contributed by atoms with Gasteiger partial charge in [-0.25, -0.2) is 9.78 Å². The number of carbonyl (C=O) groups is 1. The van der Waals surface area contributed by atoms with E-state index >= 15 is 0 Å². The number of rotatable bonds is 4. The summed E-state index contributed by atoms with van der Waals surface area (Å²) in [5.74, 6) is -0.487. The first kappa shape index (κ1) is 14.7. The highest BCUT2D eigenvalue weighted by Gasteiger charge is 2.14. The number of nitrogens with one attached hydrogen (secondary N) is 1. The van der Waals surface area contributed by atoms with Gasteiger partial charge in [-0.05, 0) is 36.2 Å². The van der Waals surface area contributed by atoms with E-state index in [0.717, 1.165) is 16.6 Å². The summed E-state index contributed by atoms with van der Waals surface area (Å²) < 4.78 is 0. The molecular formula is C15H12ClN3O2S. The van der Waals surface area contributed by atoms with Crippen LogP contribution in [-0.2, 0) is 6.42 Å². The second kappa shape index (κ2) is 5.90. The van der Waals surface area contributed by atoms with E-state index in [0.29, 0.717) is 11.5 Å². The van der Waals surface area contributed by atoms with Gasteiger partial charge in [0.25, 0.3) is 0 Å². The number of nitrogens with zero attached hydrogens (tertiary/aromatic N) is 2. The average Bonchev–Trinajstić information content (AvgIpc) is 2.90. The Balaban J connectivity index is 2.11. The summed E-state index contributed by atoms with van der Waals surface area (Å²) in [6.45, 7) is 2.06. The Kier molecular flexibility index (Phi) is 3.96. The van der Waals surface area contributed by atoms with Gasteiger partial charge in [0.2, 0.25) is 5.28 Å². The van der Waals surface area contributed by atoms with E-state index in [4.69, 9.17) is 11.6 Å². The van der Waals surface area contributed by atoms with Crippen molar-refractivity contribution in [2.24, 2.45) is 0 Å². The van der Waals surface area contributed by atoms with Gasteiger partial charge >= 0.3 is 5.97 Å². The Hall–Kier alpha value is -2.18. The monoisotopic (exact) mass is 333 g/mol. The molecule has 0 spiro atoms. The van der Waals surface area contributed by atoms with Gasteiger partial charge in [-0.2, -0.15) is 4.98 Å². The lowest BCUT2D eigenvalue weighted by Gasteiger charge is -2.09. The number of hydrogen-bond acceptors (Lipinski definition) is 5. The number of anilines is 2. The zero-order valence-corrected chi connectivity index (χ0v) is 13.2. The molecule has 7 heteroatoms. The normalized spacial score (nSPS) is 10.8. The predicted octanol–water partition coefficient (Wildman–Crippen LogP) is 4.35. The molecule has 3 rings (SSSR count). The summed E-state index contributed by atoms with van der Waals surface area (Å²) in [4.78, 5) is 21.7. The van der Waals surface area contributed by atoms with Crippen LogP contribution in [0.3, 0.4) is 0 Å². The molecule has 22 heavy (non-hydrogen) atoms. The third-order valence-corrected chi connectivity index (χ3v) is 4.52. The quantitative estimate of drug-likeness (QED) is 0.694. The van der Waals surface area contributed by atoms with Crippen LogP contribution in [0.25, 0.3) is 10.2 Å². The fraction of sp³-hybridized carbons (Fsp3) is 0.133. The largest absolute Gasteiger partial charge is 0.478 e. The lowest BCUT2D eigenvalue weighted by Crippen LogP contribution is -2.03. The molecule has 3 aromatic rings. The van der Waals surface area contributed by atoms with Gasteiger partial charge in [0, 0.05) is 4.88 Å². The van der Waals surface area contributed by atoms with Crippen molar-refractivity contribution in [2.45, 2.75) is 13.3 Å². The molecule has 5 nitrogen and oxygen atoms in total. The number of aromatic nitrogens is 2. The molecule has 2 aromatic heterocycles. The maximum absolute atomic E-state index is 11.3. The molecule has 0 aliphatic heterocycles. The summed E-state index contributed by atoms with van der Waals surface area (Å²) in [7, 11) is 0. The van der Waals surface area contributed by atoms with Gasteiger partial charge in [-0.3, -0.25) is 0 Å². The first-order chi connectivity index (χ1) is 10.6. The summed E-state index contributed by atoms with van der Waals surface area (Å²) >= 11 is 7.53. The number of hydrogen-bond donors (Lipinski definition) is 2. The number of halogens is 1. The number of aryl methyl sites for hydroxylation is 1. The molecule has 0 bridgehead atoms. The number of aromatic carboxylic acids is 1. The van der Waals surface area contributed by atoms with E-state index in [9.17, 15) is 9.90 Å². The topological polar surface area (TPSA) is 75.1 Å². The van der Waals surface area contributed by atoms with E-state index < -0.39 is 5.97 Å². The van der Waals surface area contributed by atoms with Gasteiger partial charge in [0.15, 0.2) is 0 Å². The summed E-state index contributed by atoms with van der Waals surface area (Å²) in [6, 6.07) is 8.67. The zero-order valence-electron chi connectivity index (χ0n) is 11.6. The minimum absolute atomic E-state index is 0.132. The average molecular weight is 334 g/mol. The standard InChI is InChI=1S/C15H12ClN3O2S/c1-2-8-7-10-12(18-15(16)19-13(10)22-8)17-11-6-4-3-5-9(11)14(20)21/h3-7H,2H2,1H3,(H,20,21)(H,17,18,19). The Morgan fingerprint density at radius 2 is 2.14 bits per heavy atom. The molecule has 1 aromatic carbocycles. The van der Waals surface area contributed by atoms with Gasteiger partial charge in [0.1, 0.15) is 10.6 Å². The Morgan fingerprint density at radius 1 is 1.36 bits per heavy atom. The summed E-state index contributed by atoms with van der Waals surface area (Å²) in [5, 5.41) is 13.3. The van der Waals surface area contributed by atoms with Crippen molar-refractivity contribution >= 4 is 50.6 Å². The molecule has 0 radical (unpaired) electrons. The van der Waals surface area contributed by atoms with E-state index in [-0.39, 0.29) is 10.8 Å². The van der Waals surface area contributed by atoms with Crippen molar-refractivity contribution in [1.29, 1.82) is 0 Å². The molecule has 0 fully saturated rings. The fourth-order valence-electron chi connectivity index (χ4n) is 2.12. The smallest absolute Gasteiger partial charge is 0.337 e. The molecule has 0 amide bonds. The highest BCUT2D eigenvalue weighted by Crippen LogP contribution is 2.32. The number of carboxylic acid groups (broad SMARTS) is 1. The number of fused-ring (bicyclic) bond motifs is 1. The SMILES string of the molecule is CCc1cc2c(Nc3ccccc3C(=O)O)nc(Cl)nc2s1. The molecule has 2 heterocycles. The van der Waals surface area contributed by atoms with Crippen LogP contribution in [0.15, 0.2) is 30.3 Å². The number of carboxylic acids is 1. The molecule has 0 aliphatic carbocycles. The van der Waals surface area contributed by atoms with Crippen molar-refractivity contribution in [1.82, 2.24) is 9.97 Å². The van der Waals surface area contributed by atoms with Crippen molar-refractivity contribution in [3.63, 3.8) is 0 Å². The van der Waals surface area contributed by atoms with Crippen LogP contribution in [0.4, 0.5) is 11.5 Å². The van der Waals surface area contributed by atoms with E-state index in [1.165, 1.54) is 10.9 Å². The number of para-hydroxylation sites is 1.